The van der Waals surface area contributed by atoms with Crippen LogP contribution >= 0.6 is 11.6 Å². The summed E-state index contributed by atoms with van der Waals surface area (Å²) >= 11 is 5.83. The molecule has 0 saturated carbocycles. The molecule has 0 radical (unpaired) electrons. The summed E-state index contributed by atoms with van der Waals surface area (Å²) in [5.41, 5.74) is 0. The molecule has 2 aromatic rings. The van der Waals surface area contributed by atoms with Crippen LogP contribution in [-0.4, -0.2) is 28.1 Å². The molecule has 0 atom stereocenters. The maximum Gasteiger partial charge on any atom is 0.328 e. The number of rotatable bonds is 6. The number of nitrogens with zero attached hydrogens (tertiary/aromatic N) is 3. The van der Waals surface area contributed by atoms with Crippen molar-refractivity contribution in [3.8, 4) is 17.5 Å². The average molecular weight is 295 g/mol. The van der Waals surface area contributed by atoms with E-state index in [-0.39, 0.29) is 11.3 Å². The first-order valence-corrected chi connectivity index (χ1v) is 6.65. The second-order valence-corrected chi connectivity index (χ2v) is 4.09. The highest BCUT2D eigenvalue weighted by molar-refractivity contribution is 6.28. The lowest BCUT2D eigenvalue weighted by Crippen LogP contribution is -2.04. The van der Waals surface area contributed by atoms with Crippen molar-refractivity contribution in [1.29, 1.82) is 0 Å². The monoisotopic (exact) mass is 294 g/mol. The van der Waals surface area contributed by atoms with Crippen LogP contribution in [0.4, 0.5) is 5.95 Å². The molecule has 6 nitrogen and oxygen atoms in total. The van der Waals surface area contributed by atoms with Crippen molar-refractivity contribution in [2.24, 2.45) is 0 Å². The predicted octanol–water partition coefficient (Wildman–Crippen LogP) is 3.15. The zero-order valence-corrected chi connectivity index (χ0v) is 12.0. The first-order chi connectivity index (χ1) is 9.71. The molecule has 1 heterocycles. The van der Waals surface area contributed by atoms with E-state index in [0.29, 0.717) is 24.8 Å². The highest BCUT2D eigenvalue weighted by atomic mass is 35.5. The summed E-state index contributed by atoms with van der Waals surface area (Å²) in [5, 5.41) is 3.03. The maximum atomic E-state index is 5.83. The van der Waals surface area contributed by atoms with Crippen LogP contribution in [0.25, 0.3) is 0 Å². The van der Waals surface area contributed by atoms with Crippen LogP contribution in [0.5, 0.6) is 17.5 Å². The molecule has 0 fully saturated rings. The minimum Gasteiger partial charge on any atom is -0.494 e. The van der Waals surface area contributed by atoms with E-state index in [1.54, 1.807) is 12.1 Å². The van der Waals surface area contributed by atoms with Gasteiger partial charge in [0.05, 0.1) is 6.61 Å². The molecule has 106 valence electrons. The van der Waals surface area contributed by atoms with Gasteiger partial charge < -0.3 is 14.8 Å². The second kappa shape index (κ2) is 6.91. The number of ether oxygens (including phenoxy) is 2. The van der Waals surface area contributed by atoms with E-state index in [1.165, 1.54) is 0 Å². The molecule has 1 aromatic carbocycles. The topological polar surface area (TPSA) is 69.2 Å². The molecule has 0 bridgehead atoms. The van der Waals surface area contributed by atoms with Gasteiger partial charge in [0.1, 0.15) is 11.5 Å². The number of anilines is 1. The maximum absolute atomic E-state index is 5.83. The lowest BCUT2D eigenvalue weighted by atomic mass is 10.3. The van der Waals surface area contributed by atoms with Crippen molar-refractivity contribution in [1.82, 2.24) is 15.0 Å². The van der Waals surface area contributed by atoms with Crippen molar-refractivity contribution in [2.45, 2.75) is 13.8 Å². The van der Waals surface area contributed by atoms with E-state index in [1.807, 2.05) is 26.0 Å². The summed E-state index contributed by atoms with van der Waals surface area (Å²) in [6.45, 7) is 5.12. The molecule has 20 heavy (non-hydrogen) atoms. The predicted molar refractivity (Wildman–Crippen MR) is 76.7 cm³/mol. The zero-order chi connectivity index (χ0) is 14.4. The standard InChI is InChI=1S/C13H15ClN4O2/c1-3-15-12-16-11(14)17-13(18-12)20-10-7-5-6-9(8-10)19-4-2/h5-8H,3-4H2,1-2H3,(H,15,16,17,18). The second-order valence-electron chi connectivity index (χ2n) is 3.75. The normalized spacial score (nSPS) is 10.2. The van der Waals surface area contributed by atoms with Crippen LogP contribution in [0.1, 0.15) is 13.8 Å². The Bertz CT molecular complexity index is 580. The Hall–Kier alpha value is -2.08. The molecule has 0 unspecified atom stereocenters. The van der Waals surface area contributed by atoms with Gasteiger partial charge in [0.25, 0.3) is 0 Å². The molecule has 0 amide bonds. The molecule has 0 aliphatic heterocycles. The van der Waals surface area contributed by atoms with Gasteiger partial charge in [0.2, 0.25) is 11.2 Å². The van der Waals surface area contributed by atoms with E-state index >= 15 is 0 Å². The summed E-state index contributed by atoms with van der Waals surface area (Å²) < 4.78 is 11.0. The van der Waals surface area contributed by atoms with Crippen molar-refractivity contribution >= 4 is 17.5 Å². The third-order valence-electron chi connectivity index (χ3n) is 2.25. The van der Waals surface area contributed by atoms with Crippen LogP contribution in [-0.2, 0) is 0 Å². The summed E-state index contributed by atoms with van der Waals surface area (Å²) in [6, 6.07) is 7.35. The van der Waals surface area contributed by atoms with Gasteiger partial charge in [-0.15, -0.1) is 0 Å². The molecule has 0 spiro atoms. The Labute approximate surface area is 122 Å². The van der Waals surface area contributed by atoms with Gasteiger partial charge in [-0.05, 0) is 37.6 Å². The van der Waals surface area contributed by atoms with E-state index in [4.69, 9.17) is 21.1 Å². The molecule has 7 heteroatoms. The summed E-state index contributed by atoms with van der Waals surface area (Å²) in [6.07, 6.45) is 0. The van der Waals surface area contributed by atoms with Crippen LogP contribution < -0.4 is 14.8 Å². The molecule has 0 saturated heterocycles. The van der Waals surface area contributed by atoms with Gasteiger partial charge in [-0.1, -0.05) is 6.07 Å². The molecule has 1 N–H and O–H groups in total. The number of halogens is 1. The van der Waals surface area contributed by atoms with Gasteiger partial charge in [-0.25, -0.2) is 0 Å². The number of nitrogens with one attached hydrogen (secondary N) is 1. The van der Waals surface area contributed by atoms with Gasteiger partial charge >= 0.3 is 6.01 Å². The van der Waals surface area contributed by atoms with Crippen LogP contribution in [0.15, 0.2) is 24.3 Å². The number of aromatic nitrogens is 3. The Balaban J connectivity index is 2.18. The minimum absolute atomic E-state index is 0.0758. The largest absolute Gasteiger partial charge is 0.494 e. The zero-order valence-electron chi connectivity index (χ0n) is 11.3. The Kier molecular flexibility index (Phi) is 4.95. The van der Waals surface area contributed by atoms with Crippen molar-refractivity contribution in [3.05, 3.63) is 29.5 Å². The fourth-order valence-corrected chi connectivity index (χ4v) is 1.67. The number of hydrogen-bond acceptors (Lipinski definition) is 6. The fourth-order valence-electron chi connectivity index (χ4n) is 1.51. The van der Waals surface area contributed by atoms with Crippen molar-refractivity contribution in [2.75, 3.05) is 18.5 Å². The smallest absolute Gasteiger partial charge is 0.328 e. The van der Waals surface area contributed by atoms with E-state index in [0.717, 1.165) is 5.75 Å². The van der Waals surface area contributed by atoms with E-state index < -0.39 is 0 Å². The van der Waals surface area contributed by atoms with Gasteiger partial charge in [0.15, 0.2) is 0 Å². The molecule has 0 aliphatic carbocycles. The van der Waals surface area contributed by atoms with Crippen LogP contribution in [0.2, 0.25) is 5.28 Å². The first kappa shape index (κ1) is 14.3. The third-order valence-corrected chi connectivity index (χ3v) is 2.42. The summed E-state index contributed by atoms with van der Waals surface area (Å²) in [4.78, 5) is 12.0. The van der Waals surface area contributed by atoms with Crippen LogP contribution in [0.3, 0.4) is 0 Å². The van der Waals surface area contributed by atoms with E-state index in [9.17, 15) is 0 Å². The Morgan fingerprint density at radius 1 is 1.15 bits per heavy atom. The highest BCUT2D eigenvalue weighted by Crippen LogP contribution is 2.24. The summed E-state index contributed by atoms with van der Waals surface area (Å²) in [7, 11) is 0. The highest BCUT2D eigenvalue weighted by Gasteiger charge is 2.07. The van der Waals surface area contributed by atoms with Crippen LogP contribution in [0, 0.1) is 0 Å². The van der Waals surface area contributed by atoms with Gasteiger partial charge in [-0.3, -0.25) is 0 Å². The minimum atomic E-state index is 0.0758. The molecule has 0 aliphatic rings. The summed E-state index contributed by atoms with van der Waals surface area (Å²) in [5.74, 6) is 1.67. The van der Waals surface area contributed by atoms with Gasteiger partial charge in [-0.2, -0.15) is 15.0 Å². The Morgan fingerprint density at radius 2 is 1.95 bits per heavy atom. The lowest BCUT2D eigenvalue weighted by Gasteiger charge is -2.08. The molecular weight excluding hydrogens is 280 g/mol. The van der Waals surface area contributed by atoms with Crippen molar-refractivity contribution in [3.63, 3.8) is 0 Å². The van der Waals surface area contributed by atoms with Crippen molar-refractivity contribution < 1.29 is 9.47 Å². The molecule has 2 rings (SSSR count). The molecule has 1 aromatic heterocycles. The van der Waals surface area contributed by atoms with E-state index in [2.05, 4.69) is 20.3 Å². The number of hydrogen-bond donors (Lipinski definition) is 1. The Morgan fingerprint density at radius 3 is 2.70 bits per heavy atom. The molecular formula is C13H15ClN4O2. The SMILES string of the molecule is CCNc1nc(Cl)nc(Oc2cccc(OCC)c2)n1. The van der Waals surface area contributed by atoms with Gasteiger partial charge in [0, 0.05) is 12.6 Å². The number of benzene rings is 1. The lowest BCUT2D eigenvalue weighted by molar-refractivity contribution is 0.337. The quantitative estimate of drug-likeness (QED) is 0.882. The average Bonchev–Trinajstić information content (AvgIpc) is 2.39. The fraction of sp³-hybridized carbons (Fsp3) is 0.308. The third kappa shape index (κ3) is 3.96. The first-order valence-electron chi connectivity index (χ1n) is 6.27.